The molecule has 224 valence electrons. The molecule has 43 heavy (non-hydrogen) atoms. The van der Waals surface area contributed by atoms with Gasteiger partial charge in [0.1, 0.15) is 0 Å². The Kier molecular flexibility index (Phi) is 6.63. The van der Waals surface area contributed by atoms with E-state index in [0.717, 1.165) is 64.9 Å². The number of piperidine rings is 1. The number of imidazole rings is 1. The molecular formula is C32H38N8O3. The Morgan fingerprint density at radius 2 is 1.28 bits per heavy atom. The molecule has 0 bridgehead atoms. The van der Waals surface area contributed by atoms with Crippen LogP contribution >= 0.6 is 0 Å². The Labute approximate surface area is 248 Å². The number of hydrogen-bond donors (Lipinski definition) is 0. The highest BCUT2D eigenvalue weighted by atomic mass is 16.2. The number of rotatable bonds is 5. The molecule has 0 aliphatic carbocycles. The fourth-order valence-electron chi connectivity index (χ4n) is 7.19. The van der Waals surface area contributed by atoms with Gasteiger partial charge in [-0.2, -0.15) is 0 Å². The van der Waals surface area contributed by atoms with Crippen LogP contribution in [-0.2, 0) is 20.1 Å². The Balaban J connectivity index is 1.30. The average Bonchev–Trinajstić information content (AvgIpc) is 3.64. The van der Waals surface area contributed by atoms with E-state index in [-0.39, 0.29) is 23.0 Å². The van der Waals surface area contributed by atoms with Crippen LogP contribution in [0.4, 0.5) is 11.6 Å². The van der Waals surface area contributed by atoms with Crippen LogP contribution in [0, 0.1) is 6.92 Å². The lowest BCUT2D eigenvalue weighted by atomic mass is 10.0. The van der Waals surface area contributed by atoms with Gasteiger partial charge in [0, 0.05) is 63.1 Å². The standard InChI is InChI=1S/C32H38N8O3/c1-5-38-26-18-22-23(19-27(26)39(6-2)32(38)43)29(34-33-28(22)36-13-7-8-14-36)37-15-11-21(12-16-37)40-30(41)24-17-20(3)9-10-25(24)35(4)31(40)42/h9-10,17-19,21H,5-8,11-16H2,1-4H3. The topological polar surface area (TPSA) is 103 Å². The monoisotopic (exact) mass is 582 g/mol. The number of nitrogens with zero attached hydrogens (tertiary/aromatic N) is 8. The molecule has 0 N–H and O–H groups in total. The summed E-state index contributed by atoms with van der Waals surface area (Å²) >= 11 is 0. The average molecular weight is 583 g/mol. The van der Waals surface area contributed by atoms with Crippen molar-refractivity contribution in [2.24, 2.45) is 7.05 Å². The summed E-state index contributed by atoms with van der Waals surface area (Å²) in [6, 6.07) is 9.68. The molecule has 0 radical (unpaired) electrons. The third kappa shape index (κ3) is 4.19. The second-order valence-corrected chi connectivity index (χ2v) is 12.0. The molecule has 2 fully saturated rings. The zero-order chi connectivity index (χ0) is 30.0. The molecule has 7 rings (SSSR count). The van der Waals surface area contributed by atoms with E-state index in [1.807, 2.05) is 48.1 Å². The van der Waals surface area contributed by atoms with Gasteiger partial charge in [0.25, 0.3) is 5.56 Å². The summed E-state index contributed by atoms with van der Waals surface area (Å²) in [6.45, 7) is 10.3. The van der Waals surface area contributed by atoms with Gasteiger partial charge in [0.15, 0.2) is 11.6 Å². The Bertz CT molecular complexity index is 2070. The summed E-state index contributed by atoms with van der Waals surface area (Å²) in [4.78, 5) is 44.7. The minimum absolute atomic E-state index is 0.00101. The van der Waals surface area contributed by atoms with E-state index in [4.69, 9.17) is 10.2 Å². The first-order valence-corrected chi connectivity index (χ1v) is 15.5. The van der Waals surface area contributed by atoms with Crippen LogP contribution in [-0.4, -0.2) is 54.6 Å². The summed E-state index contributed by atoms with van der Waals surface area (Å²) in [5, 5.41) is 12.1. The minimum Gasteiger partial charge on any atom is -0.355 e. The molecular weight excluding hydrogens is 544 g/mol. The van der Waals surface area contributed by atoms with E-state index < -0.39 is 0 Å². The van der Waals surface area contributed by atoms with Crippen molar-refractivity contribution < 1.29 is 0 Å². The van der Waals surface area contributed by atoms with Crippen molar-refractivity contribution >= 4 is 44.3 Å². The van der Waals surface area contributed by atoms with Crippen molar-refractivity contribution in [3.63, 3.8) is 0 Å². The van der Waals surface area contributed by atoms with E-state index in [0.29, 0.717) is 49.9 Å². The molecule has 0 spiro atoms. The van der Waals surface area contributed by atoms with Crippen LogP contribution in [0.1, 0.15) is 51.1 Å². The number of anilines is 2. The fourth-order valence-corrected chi connectivity index (χ4v) is 7.19. The third-order valence-electron chi connectivity index (χ3n) is 9.50. The zero-order valence-electron chi connectivity index (χ0n) is 25.3. The molecule has 5 heterocycles. The second-order valence-electron chi connectivity index (χ2n) is 12.0. The van der Waals surface area contributed by atoms with Crippen molar-refractivity contribution in [3.8, 4) is 0 Å². The van der Waals surface area contributed by atoms with Crippen LogP contribution in [0.15, 0.2) is 44.7 Å². The molecule has 0 unspecified atom stereocenters. The third-order valence-corrected chi connectivity index (χ3v) is 9.50. The van der Waals surface area contributed by atoms with Gasteiger partial charge in [-0.3, -0.25) is 23.1 Å². The van der Waals surface area contributed by atoms with Crippen molar-refractivity contribution in [1.29, 1.82) is 0 Å². The van der Waals surface area contributed by atoms with Gasteiger partial charge in [-0.15, -0.1) is 10.2 Å². The van der Waals surface area contributed by atoms with Gasteiger partial charge in [0.05, 0.1) is 21.9 Å². The molecule has 2 saturated heterocycles. The summed E-state index contributed by atoms with van der Waals surface area (Å²) in [5.41, 5.74) is 2.97. The molecule has 11 nitrogen and oxygen atoms in total. The van der Waals surface area contributed by atoms with E-state index in [1.54, 1.807) is 11.6 Å². The maximum absolute atomic E-state index is 13.6. The lowest BCUT2D eigenvalue weighted by Crippen LogP contribution is -2.45. The summed E-state index contributed by atoms with van der Waals surface area (Å²) in [5.74, 6) is 1.65. The molecule has 2 aliphatic heterocycles. The van der Waals surface area contributed by atoms with Gasteiger partial charge < -0.3 is 9.80 Å². The lowest BCUT2D eigenvalue weighted by molar-refractivity contribution is 0.370. The minimum atomic E-state index is -0.277. The molecule has 11 heteroatoms. The predicted molar refractivity (Wildman–Crippen MR) is 171 cm³/mol. The molecule has 0 atom stereocenters. The van der Waals surface area contributed by atoms with Crippen LogP contribution in [0.25, 0.3) is 32.7 Å². The number of hydrogen-bond acceptors (Lipinski definition) is 7. The van der Waals surface area contributed by atoms with Crippen LogP contribution in [0.3, 0.4) is 0 Å². The van der Waals surface area contributed by atoms with Crippen LogP contribution < -0.4 is 26.7 Å². The smallest absolute Gasteiger partial charge is 0.331 e. The largest absolute Gasteiger partial charge is 0.355 e. The Morgan fingerprint density at radius 3 is 1.84 bits per heavy atom. The number of aromatic nitrogens is 6. The quantitative estimate of drug-likeness (QED) is 0.312. The summed E-state index contributed by atoms with van der Waals surface area (Å²) in [6.07, 6.45) is 3.52. The number of fused-ring (bicyclic) bond motifs is 3. The van der Waals surface area contributed by atoms with E-state index in [2.05, 4.69) is 21.9 Å². The van der Waals surface area contributed by atoms with Gasteiger partial charge in [-0.25, -0.2) is 9.59 Å². The van der Waals surface area contributed by atoms with E-state index in [9.17, 15) is 14.4 Å². The number of benzene rings is 2. The maximum atomic E-state index is 13.6. The highest BCUT2D eigenvalue weighted by Gasteiger charge is 2.28. The fraction of sp³-hybridized carbons (Fsp3) is 0.469. The van der Waals surface area contributed by atoms with Gasteiger partial charge in [0.2, 0.25) is 0 Å². The highest BCUT2D eigenvalue weighted by molar-refractivity contribution is 6.05. The van der Waals surface area contributed by atoms with Crippen LogP contribution in [0.2, 0.25) is 0 Å². The Morgan fingerprint density at radius 1 is 0.721 bits per heavy atom. The second kappa shape index (κ2) is 10.4. The molecule has 2 aliphatic rings. The van der Waals surface area contributed by atoms with Crippen molar-refractivity contribution in [2.75, 3.05) is 36.0 Å². The van der Waals surface area contributed by atoms with Gasteiger partial charge in [-0.05, 0) is 70.7 Å². The van der Waals surface area contributed by atoms with Crippen molar-refractivity contribution in [1.82, 2.24) is 28.5 Å². The first-order chi connectivity index (χ1) is 20.8. The van der Waals surface area contributed by atoms with Gasteiger partial charge >= 0.3 is 11.4 Å². The maximum Gasteiger partial charge on any atom is 0.331 e. The molecule has 0 saturated carbocycles. The first-order valence-electron chi connectivity index (χ1n) is 15.5. The summed E-state index contributed by atoms with van der Waals surface area (Å²) in [7, 11) is 1.73. The highest BCUT2D eigenvalue weighted by Crippen LogP contribution is 2.36. The zero-order valence-corrected chi connectivity index (χ0v) is 25.3. The van der Waals surface area contributed by atoms with Crippen molar-refractivity contribution in [2.45, 2.75) is 65.6 Å². The van der Waals surface area contributed by atoms with E-state index >= 15 is 0 Å². The molecule has 5 aromatic rings. The molecule has 0 amide bonds. The molecule has 3 aromatic heterocycles. The first kappa shape index (κ1) is 27.4. The predicted octanol–water partition coefficient (Wildman–Crippen LogP) is 3.55. The van der Waals surface area contributed by atoms with Crippen molar-refractivity contribution in [3.05, 3.63) is 67.2 Å². The SMILES string of the molecule is CCn1c(=O)n(CC)c2cc3c(N4CCC(n5c(=O)c6cc(C)ccc6n(C)c5=O)CC4)nnc(N4CCCC4)c3cc21. The summed E-state index contributed by atoms with van der Waals surface area (Å²) < 4.78 is 6.70. The molecule has 2 aromatic carbocycles. The van der Waals surface area contributed by atoms with Gasteiger partial charge in [-0.1, -0.05) is 11.6 Å². The Hall–Kier alpha value is -4.41. The normalized spacial score (nSPS) is 16.4. The lowest BCUT2D eigenvalue weighted by Gasteiger charge is -2.34. The van der Waals surface area contributed by atoms with Crippen LogP contribution in [0.5, 0.6) is 0 Å². The number of aryl methyl sites for hydroxylation is 4. The van der Waals surface area contributed by atoms with E-state index in [1.165, 1.54) is 4.57 Å².